The van der Waals surface area contributed by atoms with Crippen molar-refractivity contribution in [3.8, 4) is 0 Å². The molecular formula is C9H10FNO4S. The van der Waals surface area contributed by atoms with Crippen LogP contribution in [0.4, 0.5) is 4.39 Å². The Morgan fingerprint density at radius 3 is 2.00 bits per heavy atom. The molecule has 0 aliphatic rings. The van der Waals surface area contributed by atoms with Gasteiger partial charge >= 0.3 is 5.97 Å². The van der Waals surface area contributed by atoms with Crippen molar-refractivity contribution in [2.45, 2.75) is 4.90 Å². The van der Waals surface area contributed by atoms with Gasteiger partial charge in [0.05, 0.1) is 4.90 Å². The molecule has 1 aromatic carbocycles. The van der Waals surface area contributed by atoms with E-state index < -0.39 is 21.8 Å². The van der Waals surface area contributed by atoms with E-state index in [0.717, 1.165) is 30.3 Å². The van der Waals surface area contributed by atoms with Gasteiger partial charge < -0.3 is 5.11 Å². The highest BCUT2D eigenvalue weighted by molar-refractivity contribution is 7.89. The lowest BCUT2D eigenvalue weighted by Gasteiger charge is -1.95. The molecule has 0 aliphatic heterocycles. The number of nitrogens with two attached hydrogens (primary N) is 1. The van der Waals surface area contributed by atoms with E-state index >= 15 is 0 Å². The van der Waals surface area contributed by atoms with Crippen LogP contribution in [-0.4, -0.2) is 19.5 Å². The number of carboxylic acid groups (broad SMARTS) is 1. The highest BCUT2D eigenvalue weighted by Gasteiger charge is 2.05. The number of halogens is 1. The first kappa shape index (κ1) is 14.3. The third kappa shape index (κ3) is 5.89. The first-order valence-corrected chi connectivity index (χ1v) is 5.45. The summed E-state index contributed by atoms with van der Waals surface area (Å²) in [6, 6.07) is 4.31. The molecule has 0 saturated carbocycles. The second-order valence-electron chi connectivity index (χ2n) is 2.54. The van der Waals surface area contributed by atoms with Crippen LogP contribution in [0.25, 0.3) is 0 Å². The second kappa shape index (κ2) is 5.99. The number of benzene rings is 1. The highest BCUT2D eigenvalue weighted by atomic mass is 32.2. The molecule has 1 aromatic rings. The van der Waals surface area contributed by atoms with E-state index in [-0.39, 0.29) is 4.90 Å². The van der Waals surface area contributed by atoms with E-state index in [9.17, 15) is 17.6 Å². The summed E-state index contributed by atoms with van der Waals surface area (Å²) in [5.74, 6) is -1.47. The topological polar surface area (TPSA) is 97.5 Å². The Kier molecular flexibility index (Phi) is 5.34. The molecule has 0 radical (unpaired) electrons. The zero-order valence-corrected chi connectivity index (χ0v) is 8.95. The number of hydrogen-bond donors (Lipinski definition) is 2. The molecule has 0 fully saturated rings. The van der Waals surface area contributed by atoms with Crippen LogP contribution in [0.5, 0.6) is 0 Å². The lowest BCUT2D eigenvalue weighted by atomic mass is 10.4. The molecule has 3 N–H and O–H groups in total. The van der Waals surface area contributed by atoms with Gasteiger partial charge in [-0.2, -0.15) is 0 Å². The Balaban J connectivity index is 0.000000385. The molecule has 88 valence electrons. The second-order valence-corrected chi connectivity index (χ2v) is 4.10. The monoisotopic (exact) mass is 247 g/mol. The standard InChI is InChI=1S/C6H6FNO2S.C3H4O2/c7-5-1-3-6(4-2-5)11(8,9)10;1-2-3(4)5/h1-4H,(H2,8,9,10);2H,1H2,(H,4,5). The van der Waals surface area contributed by atoms with Crippen LogP contribution < -0.4 is 5.14 Å². The minimum Gasteiger partial charge on any atom is -0.478 e. The minimum atomic E-state index is -3.69. The van der Waals surface area contributed by atoms with Crippen LogP contribution in [0.1, 0.15) is 0 Å². The number of rotatable bonds is 2. The van der Waals surface area contributed by atoms with Crippen molar-refractivity contribution in [2.24, 2.45) is 5.14 Å². The molecule has 16 heavy (non-hydrogen) atoms. The maximum Gasteiger partial charge on any atom is 0.327 e. The molecule has 0 heterocycles. The van der Waals surface area contributed by atoms with Crippen molar-refractivity contribution in [3.05, 3.63) is 42.7 Å². The predicted molar refractivity (Wildman–Crippen MR) is 55.6 cm³/mol. The fourth-order valence-electron chi connectivity index (χ4n) is 0.624. The number of aliphatic carboxylic acids is 1. The summed E-state index contributed by atoms with van der Waals surface area (Å²) in [5.41, 5.74) is 0. The quantitative estimate of drug-likeness (QED) is 0.753. The van der Waals surface area contributed by atoms with Gasteiger partial charge in [-0.25, -0.2) is 22.7 Å². The van der Waals surface area contributed by atoms with Gasteiger partial charge in [0.15, 0.2) is 0 Å². The number of carboxylic acids is 1. The third-order valence-electron chi connectivity index (χ3n) is 1.32. The fourth-order valence-corrected chi connectivity index (χ4v) is 1.14. The van der Waals surface area contributed by atoms with Gasteiger partial charge in [0.2, 0.25) is 10.0 Å². The molecule has 0 atom stereocenters. The molecule has 1 rings (SSSR count). The summed E-state index contributed by atoms with van der Waals surface area (Å²) >= 11 is 0. The molecule has 7 heteroatoms. The molecular weight excluding hydrogens is 237 g/mol. The Bertz CT molecular complexity index is 467. The molecule has 0 aromatic heterocycles. The first-order chi connectivity index (χ1) is 7.27. The van der Waals surface area contributed by atoms with Gasteiger partial charge in [-0.05, 0) is 24.3 Å². The van der Waals surface area contributed by atoms with E-state index in [2.05, 4.69) is 6.58 Å². The minimum absolute atomic E-state index is 0.0844. The van der Waals surface area contributed by atoms with E-state index in [1.165, 1.54) is 0 Å². The van der Waals surface area contributed by atoms with Crippen LogP contribution in [0.3, 0.4) is 0 Å². The first-order valence-electron chi connectivity index (χ1n) is 3.91. The van der Waals surface area contributed by atoms with Crippen LogP contribution in [0, 0.1) is 5.82 Å². The molecule has 0 unspecified atom stereocenters. The van der Waals surface area contributed by atoms with Crippen LogP contribution in [-0.2, 0) is 14.8 Å². The normalized spacial score (nSPS) is 9.88. The summed E-state index contributed by atoms with van der Waals surface area (Å²) in [5, 5.41) is 12.4. The van der Waals surface area contributed by atoms with E-state index in [4.69, 9.17) is 10.2 Å². The number of hydrogen-bond acceptors (Lipinski definition) is 3. The zero-order valence-electron chi connectivity index (χ0n) is 8.13. The van der Waals surface area contributed by atoms with E-state index in [1.54, 1.807) is 0 Å². The van der Waals surface area contributed by atoms with E-state index in [1.807, 2.05) is 0 Å². The summed E-state index contributed by atoms with van der Waals surface area (Å²) in [4.78, 5) is 9.17. The van der Waals surface area contributed by atoms with Gasteiger partial charge in [0.25, 0.3) is 0 Å². The predicted octanol–water partition coefficient (Wildman–Crippen LogP) is 0.730. The molecule has 0 amide bonds. The molecule has 0 spiro atoms. The maximum atomic E-state index is 12.2. The SMILES string of the molecule is C=CC(=O)O.NS(=O)(=O)c1ccc(F)cc1. The Morgan fingerprint density at radius 2 is 1.75 bits per heavy atom. The summed E-state index contributed by atoms with van der Waals surface area (Å²) in [6.07, 6.45) is 0.833. The van der Waals surface area contributed by atoms with Gasteiger partial charge in [-0.3, -0.25) is 0 Å². The highest BCUT2D eigenvalue weighted by Crippen LogP contribution is 2.06. The molecule has 0 bridgehead atoms. The molecule has 5 nitrogen and oxygen atoms in total. The van der Waals surface area contributed by atoms with Crippen molar-refractivity contribution in [2.75, 3.05) is 0 Å². The van der Waals surface area contributed by atoms with Crippen LogP contribution in [0.2, 0.25) is 0 Å². The van der Waals surface area contributed by atoms with Crippen molar-refractivity contribution < 1.29 is 22.7 Å². The average molecular weight is 247 g/mol. The summed E-state index contributed by atoms with van der Waals surface area (Å²) < 4.78 is 33.4. The number of carbonyl (C=O) groups is 1. The lowest BCUT2D eigenvalue weighted by molar-refractivity contribution is -0.131. The van der Waals surface area contributed by atoms with Gasteiger partial charge in [0.1, 0.15) is 5.82 Å². The Morgan fingerprint density at radius 1 is 1.38 bits per heavy atom. The van der Waals surface area contributed by atoms with E-state index in [0.29, 0.717) is 0 Å². The molecule has 0 saturated heterocycles. The smallest absolute Gasteiger partial charge is 0.327 e. The third-order valence-corrected chi connectivity index (χ3v) is 2.25. The summed E-state index contributed by atoms with van der Waals surface area (Å²) in [7, 11) is -3.69. The van der Waals surface area contributed by atoms with Crippen molar-refractivity contribution >= 4 is 16.0 Å². The largest absolute Gasteiger partial charge is 0.478 e. The summed E-state index contributed by atoms with van der Waals surface area (Å²) in [6.45, 7) is 2.96. The zero-order chi connectivity index (χ0) is 12.8. The van der Waals surface area contributed by atoms with Gasteiger partial charge in [-0.1, -0.05) is 6.58 Å². The van der Waals surface area contributed by atoms with Crippen LogP contribution in [0.15, 0.2) is 41.8 Å². The number of primary sulfonamides is 1. The van der Waals surface area contributed by atoms with Crippen molar-refractivity contribution in [1.82, 2.24) is 0 Å². The van der Waals surface area contributed by atoms with Crippen molar-refractivity contribution in [3.63, 3.8) is 0 Å². The van der Waals surface area contributed by atoms with Crippen LogP contribution >= 0.6 is 0 Å². The average Bonchev–Trinajstić information content (AvgIpc) is 2.18. The fraction of sp³-hybridized carbons (Fsp3) is 0. The lowest BCUT2D eigenvalue weighted by Crippen LogP contribution is -2.11. The Hall–Kier alpha value is -1.73. The Labute approximate surface area is 92.1 Å². The maximum absolute atomic E-state index is 12.2. The van der Waals surface area contributed by atoms with Crippen molar-refractivity contribution in [1.29, 1.82) is 0 Å². The number of sulfonamides is 1. The molecule has 0 aliphatic carbocycles. The van der Waals surface area contributed by atoms with Gasteiger partial charge in [0, 0.05) is 6.08 Å². The van der Waals surface area contributed by atoms with Gasteiger partial charge in [-0.15, -0.1) is 0 Å².